The molecule has 0 bridgehead atoms. The molecular weight excluding hydrogens is 222 g/mol. The van der Waals surface area contributed by atoms with E-state index in [1.165, 1.54) is 44.9 Å². The highest BCUT2D eigenvalue weighted by molar-refractivity contribution is 5.45. The lowest BCUT2D eigenvalue weighted by Gasteiger charge is -2.21. The van der Waals surface area contributed by atoms with Crippen LogP contribution in [-0.2, 0) is 0 Å². The van der Waals surface area contributed by atoms with E-state index in [-0.39, 0.29) is 0 Å². The molecule has 1 aromatic heterocycles. The Morgan fingerprint density at radius 3 is 2.44 bits per heavy atom. The average Bonchev–Trinajstić information content (AvgIpc) is 2.33. The Bertz CT molecular complexity index is 343. The lowest BCUT2D eigenvalue weighted by Crippen LogP contribution is -2.21. The smallest absolute Gasteiger partial charge is 0.128 e. The van der Waals surface area contributed by atoms with Crippen LogP contribution >= 0.6 is 0 Å². The van der Waals surface area contributed by atoms with Gasteiger partial charge in [0.25, 0.3) is 0 Å². The highest BCUT2D eigenvalue weighted by Crippen LogP contribution is 2.20. The van der Waals surface area contributed by atoms with Crippen LogP contribution in [0.15, 0.2) is 18.2 Å². The minimum Gasteiger partial charge on any atom is -0.370 e. The van der Waals surface area contributed by atoms with Crippen molar-refractivity contribution in [1.29, 1.82) is 0 Å². The van der Waals surface area contributed by atoms with E-state index in [0.717, 1.165) is 18.2 Å². The molecule has 3 heteroatoms. The van der Waals surface area contributed by atoms with Crippen molar-refractivity contribution in [2.45, 2.75) is 57.9 Å². The Kier molecular flexibility index (Phi) is 5.31. The SMILES string of the molecule is CCNc1cccc(NC2CCCCCCC2)n1. The maximum absolute atomic E-state index is 4.59. The third-order valence-electron chi connectivity index (χ3n) is 3.56. The van der Waals surface area contributed by atoms with Crippen LogP contribution in [-0.4, -0.2) is 17.6 Å². The molecule has 0 radical (unpaired) electrons. The Labute approximate surface area is 110 Å². The third-order valence-corrected chi connectivity index (χ3v) is 3.56. The van der Waals surface area contributed by atoms with Gasteiger partial charge in [0.2, 0.25) is 0 Å². The minimum absolute atomic E-state index is 0.606. The molecular formula is C15H25N3. The van der Waals surface area contributed by atoms with E-state index in [0.29, 0.717) is 6.04 Å². The normalized spacial score (nSPS) is 17.8. The van der Waals surface area contributed by atoms with Crippen molar-refractivity contribution in [3.05, 3.63) is 18.2 Å². The molecule has 1 heterocycles. The van der Waals surface area contributed by atoms with Gasteiger partial charge in [0.1, 0.15) is 11.6 Å². The Morgan fingerprint density at radius 1 is 1.06 bits per heavy atom. The van der Waals surface area contributed by atoms with Crippen LogP contribution in [0, 0.1) is 0 Å². The van der Waals surface area contributed by atoms with Crippen LogP contribution in [0.3, 0.4) is 0 Å². The van der Waals surface area contributed by atoms with Crippen LogP contribution in [0.5, 0.6) is 0 Å². The number of hydrogen-bond donors (Lipinski definition) is 2. The Hall–Kier alpha value is -1.25. The molecule has 1 saturated carbocycles. The van der Waals surface area contributed by atoms with Crippen molar-refractivity contribution in [3.8, 4) is 0 Å². The van der Waals surface area contributed by atoms with Gasteiger partial charge in [0.05, 0.1) is 0 Å². The molecule has 0 unspecified atom stereocenters. The third kappa shape index (κ3) is 4.21. The Morgan fingerprint density at radius 2 is 1.72 bits per heavy atom. The zero-order valence-electron chi connectivity index (χ0n) is 11.4. The molecule has 0 saturated heterocycles. The van der Waals surface area contributed by atoms with E-state index < -0.39 is 0 Å². The molecule has 1 aromatic rings. The van der Waals surface area contributed by atoms with Crippen molar-refractivity contribution in [2.75, 3.05) is 17.2 Å². The molecule has 2 rings (SSSR count). The molecule has 1 aliphatic rings. The molecule has 0 atom stereocenters. The van der Waals surface area contributed by atoms with Crippen molar-refractivity contribution in [3.63, 3.8) is 0 Å². The summed E-state index contributed by atoms with van der Waals surface area (Å²) in [6, 6.07) is 6.76. The number of hydrogen-bond acceptors (Lipinski definition) is 3. The standard InChI is InChI=1S/C15H25N3/c1-2-16-14-11-8-12-15(18-14)17-13-9-6-4-3-5-7-10-13/h8,11-13H,2-7,9-10H2,1H3,(H2,16,17,18). The molecule has 0 amide bonds. The first-order valence-electron chi connectivity index (χ1n) is 7.36. The van der Waals surface area contributed by atoms with Crippen LogP contribution < -0.4 is 10.6 Å². The molecule has 1 fully saturated rings. The fourth-order valence-corrected chi connectivity index (χ4v) is 2.60. The molecule has 100 valence electrons. The molecule has 18 heavy (non-hydrogen) atoms. The van der Waals surface area contributed by atoms with E-state index in [4.69, 9.17) is 0 Å². The van der Waals surface area contributed by atoms with E-state index in [9.17, 15) is 0 Å². The lowest BCUT2D eigenvalue weighted by atomic mass is 9.97. The van der Waals surface area contributed by atoms with E-state index in [1.807, 2.05) is 6.07 Å². The van der Waals surface area contributed by atoms with Gasteiger partial charge in [-0.1, -0.05) is 38.2 Å². The summed E-state index contributed by atoms with van der Waals surface area (Å²) in [5, 5.41) is 6.85. The van der Waals surface area contributed by atoms with Gasteiger partial charge in [-0.15, -0.1) is 0 Å². The summed E-state index contributed by atoms with van der Waals surface area (Å²) in [4.78, 5) is 4.59. The maximum atomic E-state index is 4.59. The second kappa shape index (κ2) is 7.24. The van der Waals surface area contributed by atoms with Gasteiger partial charge >= 0.3 is 0 Å². The molecule has 2 N–H and O–H groups in total. The topological polar surface area (TPSA) is 37.0 Å². The fourth-order valence-electron chi connectivity index (χ4n) is 2.60. The number of anilines is 2. The van der Waals surface area contributed by atoms with Gasteiger partial charge in [-0.3, -0.25) is 0 Å². The first-order valence-corrected chi connectivity index (χ1v) is 7.36. The second-order valence-electron chi connectivity index (χ2n) is 5.12. The first kappa shape index (κ1) is 13.2. The largest absolute Gasteiger partial charge is 0.370 e. The van der Waals surface area contributed by atoms with Crippen LogP contribution in [0.1, 0.15) is 51.9 Å². The summed E-state index contributed by atoms with van der Waals surface area (Å²) < 4.78 is 0. The van der Waals surface area contributed by atoms with Gasteiger partial charge < -0.3 is 10.6 Å². The molecule has 0 aliphatic heterocycles. The molecule has 0 aromatic carbocycles. The summed E-state index contributed by atoms with van der Waals surface area (Å²) in [6.07, 6.45) is 9.47. The summed E-state index contributed by atoms with van der Waals surface area (Å²) in [6.45, 7) is 3.01. The number of pyridine rings is 1. The van der Waals surface area contributed by atoms with Crippen molar-refractivity contribution >= 4 is 11.6 Å². The monoisotopic (exact) mass is 247 g/mol. The second-order valence-corrected chi connectivity index (χ2v) is 5.12. The van der Waals surface area contributed by atoms with Crippen molar-refractivity contribution in [1.82, 2.24) is 4.98 Å². The Balaban J connectivity index is 1.92. The number of nitrogens with one attached hydrogen (secondary N) is 2. The number of nitrogens with zero attached hydrogens (tertiary/aromatic N) is 1. The average molecular weight is 247 g/mol. The highest BCUT2D eigenvalue weighted by atomic mass is 15.1. The van der Waals surface area contributed by atoms with E-state index in [2.05, 4.69) is 34.7 Å². The predicted octanol–water partition coefficient (Wildman–Crippen LogP) is 4.04. The lowest BCUT2D eigenvalue weighted by molar-refractivity contribution is 0.471. The quantitative estimate of drug-likeness (QED) is 0.843. The molecule has 3 nitrogen and oxygen atoms in total. The summed E-state index contributed by atoms with van der Waals surface area (Å²) in [5.74, 6) is 1.98. The maximum Gasteiger partial charge on any atom is 0.128 e. The van der Waals surface area contributed by atoms with Crippen molar-refractivity contribution in [2.24, 2.45) is 0 Å². The van der Waals surface area contributed by atoms with Gasteiger partial charge in [0.15, 0.2) is 0 Å². The first-order chi connectivity index (χ1) is 8.88. The zero-order chi connectivity index (χ0) is 12.6. The van der Waals surface area contributed by atoms with E-state index >= 15 is 0 Å². The van der Waals surface area contributed by atoms with Gasteiger partial charge in [-0.25, -0.2) is 4.98 Å². The van der Waals surface area contributed by atoms with Crippen molar-refractivity contribution < 1.29 is 0 Å². The minimum atomic E-state index is 0.606. The van der Waals surface area contributed by atoms with Gasteiger partial charge in [-0.05, 0) is 31.9 Å². The predicted molar refractivity (Wildman–Crippen MR) is 78.1 cm³/mol. The highest BCUT2D eigenvalue weighted by Gasteiger charge is 2.11. The van der Waals surface area contributed by atoms with E-state index in [1.54, 1.807) is 0 Å². The molecule has 1 aliphatic carbocycles. The fraction of sp³-hybridized carbons (Fsp3) is 0.667. The number of aromatic nitrogens is 1. The summed E-state index contributed by atoms with van der Waals surface area (Å²) >= 11 is 0. The van der Waals surface area contributed by atoms with Crippen LogP contribution in [0.25, 0.3) is 0 Å². The summed E-state index contributed by atoms with van der Waals surface area (Å²) in [7, 11) is 0. The summed E-state index contributed by atoms with van der Waals surface area (Å²) in [5.41, 5.74) is 0. The molecule has 0 spiro atoms. The van der Waals surface area contributed by atoms with Gasteiger partial charge in [0, 0.05) is 12.6 Å². The zero-order valence-corrected chi connectivity index (χ0v) is 11.4. The van der Waals surface area contributed by atoms with Gasteiger partial charge in [-0.2, -0.15) is 0 Å². The van der Waals surface area contributed by atoms with Crippen LogP contribution in [0.4, 0.5) is 11.6 Å². The number of rotatable bonds is 4. The van der Waals surface area contributed by atoms with Crippen LogP contribution in [0.2, 0.25) is 0 Å².